The molecule has 1 N–H and O–H groups in total. The lowest BCUT2D eigenvalue weighted by Gasteiger charge is -2.40. The predicted octanol–water partition coefficient (Wildman–Crippen LogP) is 0.777. The third-order valence-electron chi connectivity index (χ3n) is 3.22. The summed E-state index contributed by atoms with van der Waals surface area (Å²) in [6, 6.07) is -0.194. The van der Waals surface area contributed by atoms with Crippen LogP contribution in [0.2, 0.25) is 0 Å². The number of hydrogen-bond donors (Lipinski definition) is 1. The summed E-state index contributed by atoms with van der Waals surface area (Å²) in [6.07, 6.45) is 0. The number of urea groups is 1. The minimum absolute atomic E-state index is 0.0178. The topological polar surface area (TPSA) is 53.0 Å². The van der Waals surface area contributed by atoms with Gasteiger partial charge in [-0.15, -0.1) is 0 Å². The van der Waals surface area contributed by atoms with Crippen LogP contribution >= 0.6 is 0 Å². The van der Waals surface area contributed by atoms with Crippen molar-refractivity contribution in [2.45, 2.75) is 26.8 Å². The summed E-state index contributed by atoms with van der Waals surface area (Å²) in [5.41, 5.74) is -0.133. The molecular formula is C12H24N2O3. The molecule has 0 aromatic carbocycles. The first kappa shape index (κ1) is 14.3. The van der Waals surface area contributed by atoms with E-state index in [0.717, 1.165) is 0 Å². The van der Waals surface area contributed by atoms with Crippen LogP contribution in [-0.4, -0.2) is 66.9 Å². The quantitative estimate of drug-likeness (QED) is 0.781. The van der Waals surface area contributed by atoms with Crippen molar-refractivity contribution >= 4 is 6.03 Å². The average Bonchev–Trinajstić information content (AvgIpc) is 2.28. The summed E-state index contributed by atoms with van der Waals surface area (Å²) in [7, 11) is 1.75. The van der Waals surface area contributed by atoms with Crippen LogP contribution in [0.25, 0.3) is 0 Å². The van der Waals surface area contributed by atoms with Crippen molar-refractivity contribution in [3.8, 4) is 0 Å². The Kier molecular flexibility index (Phi) is 4.77. The molecule has 5 nitrogen and oxygen atoms in total. The standard InChI is InChI=1S/C12H24N2O3/c1-12(2,3)10(9-15)13(4)11(16)14-5-7-17-8-6-14/h10,15H,5-9H2,1-4H3. The van der Waals surface area contributed by atoms with Crippen molar-refractivity contribution in [2.24, 2.45) is 5.41 Å². The van der Waals surface area contributed by atoms with E-state index in [1.165, 1.54) is 0 Å². The highest BCUT2D eigenvalue weighted by Gasteiger charge is 2.32. The van der Waals surface area contributed by atoms with E-state index in [1.54, 1.807) is 16.8 Å². The van der Waals surface area contributed by atoms with Gasteiger partial charge in [-0.2, -0.15) is 0 Å². The molecular weight excluding hydrogens is 220 g/mol. The number of likely N-dealkylation sites (N-methyl/N-ethyl adjacent to an activating group) is 1. The molecule has 1 unspecified atom stereocenters. The van der Waals surface area contributed by atoms with E-state index in [2.05, 4.69) is 0 Å². The van der Waals surface area contributed by atoms with Crippen LogP contribution in [0.3, 0.4) is 0 Å². The SMILES string of the molecule is CN(C(=O)N1CCOCC1)C(CO)C(C)(C)C. The van der Waals surface area contributed by atoms with Crippen molar-refractivity contribution < 1.29 is 14.6 Å². The van der Waals surface area contributed by atoms with Gasteiger partial charge in [0, 0.05) is 20.1 Å². The van der Waals surface area contributed by atoms with Gasteiger partial charge in [0.2, 0.25) is 0 Å². The maximum atomic E-state index is 12.2. The van der Waals surface area contributed by atoms with E-state index in [9.17, 15) is 9.90 Å². The number of aliphatic hydroxyl groups is 1. The van der Waals surface area contributed by atoms with Crippen LogP contribution in [0.1, 0.15) is 20.8 Å². The van der Waals surface area contributed by atoms with Crippen LogP contribution < -0.4 is 0 Å². The molecule has 0 aromatic heterocycles. The fourth-order valence-electron chi connectivity index (χ4n) is 2.09. The molecule has 0 radical (unpaired) electrons. The number of amides is 2. The second kappa shape index (κ2) is 5.69. The van der Waals surface area contributed by atoms with Gasteiger partial charge in [0.25, 0.3) is 0 Å². The van der Waals surface area contributed by atoms with Crippen LogP contribution in [0, 0.1) is 5.41 Å². The number of carbonyl (C=O) groups is 1. The molecule has 2 amide bonds. The molecule has 0 spiro atoms. The van der Waals surface area contributed by atoms with Crippen molar-refractivity contribution in [1.29, 1.82) is 0 Å². The molecule has 1 aliphatic rings. The zero-order valence-electron chi connectivity index (χ0n) is 11.3. The van der Waals surface area contributed by atoms with Gasteiger partial charge in [0.15, 0.2) is 0 Å². The number of morpholine rings is 1. The number of ether oxygens (including phenoxy) is 1. The van der Waals surface area contributed by atoms with Crippen LogP contribution in [0.4, 0.5) is 4.79 Å². The lowest BCUT2D eigenvalue weighted by Crippen LogP contribution is -2.54. The fourth-order valence-corrected chi connectivity index (χ4v) is 2.09. The Balaban J connectivity index is 2.66. The van der Waals surface area contributed by atoms with Gasteiger partial charge in [-0.3, -0.25) is 0 Å². The monoisotopic (exact) mass is 244 g/mol. The van der Waals surface area contributed by atoms with Crippen molar-refractivity contribution in [2.75, 3.05) is 40.0 Å². The molecule has 1 fully saturated rings. The summed E-state index contributed by atoms with van der Waals surface area (Å²) in [5, 5.41) is 9.44. The van der Waals surface area contributed by atoms with Gasteiger partial charge in [-0.25, -0.2) is 4.79 Å². The first-order valence-corrected chi connectivity index (χ1v) is 6.08. The van der Waals surface area contributed by atoms with E-state index in [0.29, 0.717) is 26.3 Å². The molecule has 1 rings (SSSR count). The van der Waals surface area contributed by atoms with Crippen molar-refractivity contribution in [3.63, 3.8) is 0 Å². The predicted molar refractivity (Wildman–Crippen MR) is 65.9 cm³/mol. The average molecular weight is 244 g/mol. The van der Waals surface area contributed by atoms with E-state index in [-0.39, 0.29) is 24.1 Å². The first-order valence-electron chi connectivity index (χ1n) is 6.08. The summed E-state index contributed by atoms with van der Waals surface area (Å²) in [6.45, 7) is 8.51. The van der Waals surface area contributed by atoms with Gasteiger partial charge >= 0.3 is 6.03 Å². The summed E-state index contributed by atoms with van der Waals surface area (Å²) >= 11 is 0. The lowest BCUT2D eigenvalue weighted by atomic mass is 9.86. The number of carbonyl (C=O) groups excluding carboxylic acids is 1. The second-order valence-electron chi connectivity index (χ2n) is 5.56. The van der Waals surface area contributed by atoms with Gasteiger partial charge in [0.05, 0.1) is 25.9 Å². The Labute approximate surface area is 103 Å². The van der Waals surface area contributed by atoms with Crippen LogP contribution in [0.15, 0.2) is 0 Å². The molecule has 0 aliphatic carbocycles. The molecule has 0 bridgehead atoms. The molecule has 0 saturated carbocycles. The number of nitrogens with zero attached hydrogens (tertiary/aromatic N) is 2. The minimum atomic E-state index is -0.169. The van der Waals surface area contributed by atoms with Crippen LogP contribution in [0.5, 0.6) is 0 Å². The van der Waals surface area contributed by atoms with E-state index in [1.807, 2.05) is 20.8 Å². The Morgan fingerprint density at radius 3 is 2.35 bits per heavy atom. The molecule has 0 aromatic rings. The highest BCUT2D eigenvalue weighted by Crippen LogP contribution is 2.24. The maximum absolute atomic E-state index is 12.2. The molecule has 100 valence electrons. The molecule has 1 atom stereocenters. The number of rotatable bonds is 2. The molecule has 17 heavy (non-hydrogen) atoms. The fraction of sp³-hybridized carbons (Fsp3) is 0.917. The first-order chi connectivity index (χ1) is 7.88. The molecule has 1 heterocycles. The van der Waals surface area contributed by atoms with Gasteiger partial charge in [0.1, 0.15) is 0 Å². The highest BCUT2D eigenvalue weighted by molar-refractivity contribution is 5.74. The van der Waals surface area contributed by atoms with E-state index < -0.39 is 0 Å². The molecule has 1 saturated heterocycles. The van der Waals surface area contributed by atoms with Crippen molar-refractivity contribution in [3.05, 3.63) is 0 Å². The van der Waals surface area contributed by atoms with E-state index in [4.69, 9.17) is 4.74 Å². The summed E-state index contributed by atoms with van der Waals surface area (Å²) in [4.78, 5) is 15.7. The zero-order chi connectivity index (χ0) is 13.1. The van der Waals surface area contributed by atoms with E-state index >= 15 is 0 Å². The molecule has 5 heteroatoms. The third-order valence-corrected chi connectivity index (χ3v) is 3.22. The smallest absolute Gasteiger partial charge is 0.320 e. The van der Waals surface area contributed by atoms with Crippen molar-refractivity contribution in [1.82, 2.24) is 9.80 Å². The van der Waals surface area contributed by atoms with Gasteiger partial charge in [-0.05, 0) is 5.41 Å². The molecule has 1 aliphatic heterocycles. The zero-order valence-corrected chi connectivity index (χ0v) is 11.3. The second-order valence-corrected chi connectivity index (χ2v) is 5.56. The maximum Gasteiger partial charge on any atom is 0.320 e. The van der Waals surface area contributed by atoms with Crippen LogP contribution in [-0.2, 0) is 4.74 Å². The summed E-state index contributed by atoms with van der Waals surface area (Å²) in [5.74, 6) is 0. The minimum Gasteiger partial charge on any atom is -0.394 e. The lowest BCUT2D eigenvalue weighted by molar-refractivity contribution is 0.0266. The Morgan fingerprint density at radius 1 is 1.41 bits per heavy atom. The third kappa shape index (κ3) is 3.57. The summed E-state index contributed by atoms with van der Waals surface area (Å²) < 4.78 is 5.22. The number of aliphatic hydroxyl groups excluding tert-OH is 1. The largest absolute Gasteiger partial charge is 0.394 e. The van der Waals surface area contributed by atoms with Gasteiger partial charge < -0.3 is 19.6 Å². The Bertz CT molecular complexity index is 257. The van der Waals surface area contributed by atoms with Gasteiger partial charge in [-0.1, -0.05) is 20.8 Å². The normalized spacial score (nSPS) is 19.0. The Morgan fingerprint density at radius 2 is 1.94 bits per heavy atom. The Hall–Kier alpha value is -0.810. The number of hydrogen-bond acceptors (Lipinski definition) is 3. The highest BCUT2D eigenvalue weighted by atomic mass is 16.5.